The van der Waals surface area contributed by atoms with Crippen molar-refractivity contribution in [3.8, 4) is 0 Å². The van der Waals surface area contributed by atoms with Crippen molar-refractivity contribution in [3.63, 3.8) is 0 Å². The van der Waals surface area contributed by atoms with Crippen LogP contribution in [-0.4, -0.2) is 35.0 Å². The lowest BCUT2D eigenvalue weighted by atomic mass is 10.1. The molecule has 5 nitrogen and oxygen atoms in total. The lowest BCUT2D eigenvalue weighted by Crippen LogP contribution is -2.39. The third kappa shape index (κ3) is 2.69. The molecule has 3 fully saturated rings. The molecule has 6 heteroatoms. The molecule has 21 heavy (non-hydrogen) atoms. The molecular weight excluding hydrogens is 288 g/mol. The van der Waals surface area contributed by atoms with Crippen molar-refractivity contribution in [1.82, 2.24) is 15.1 Å². The maximum absolute atomic E-state index is 12.7. The average molecular weight is 309 g/mol. The van der Waals surface area contributed by atoms with Crippen LogP contribution in [0.3, 0.4) is 0 Å². The fourth-order valence-corrected chi connectivity index (χ4v) is 3.81. The van der Waals surface area contributed by atoms with Crippen LogP contribution in [0.15, 0.2) is 11.0 Å². The van der Waals surface area contributed by atoms with Crippen LogP contribution in [0.1, 0.15) is 32.1 Å². The van der Waals surface area contributed by atoms with Gasteiger partial charge in [-0.15, -0.1) is 0 Å². The minimum atomic E-state index is -0.0211. The van der Waals surface area contributed by atoms with Crippen molar-refractivity contribution >= 4 is 17.3 Å². The molecule has 2 saturated heterocycles. The number of anilines is 1. The van der Waals surface area contributed by atoms with Crippen LogP contribution in [0.25, 0.3) is 0 Å². The Morgan fingerprint density at radius 3 is 2.86 bits per heavy atom. The van der Waals surface area contributed by atoms with Crippen molar-refractivity contribution in [3.05, 3.63) is 21.6 Å². The topological polar surface area (TPSA) is 50.2 Å². The van der Waals surface area contributed by atoms with Crippen LogP contribution in [0.2, 0.25) is 5.02 Å². The Morgan fingerprint density at radius 1 is 1.24 bits per heavy atom. The van der Waals surface area contributed by atoms with Crippen LogP contribution >= 0.6 is 11.6 Å². The molecule has 1 aliphatic carbocycles. The molecule has 3 aliphatic rings. The van der Waals surface area contributed by atoms with Gasteiger partial charge >= 0.3 is 0 Å². The van der Waals surface area contributed by atoms with Crippen LogP contribution in [0, 0.1) is 5.92 Å². The van der Waals surface area contributed by atoms with Gasteiger partial charge in [0, 0.05) is 31.7 Å². The average Bonchev–Trinajstić information content (AvgIpc) is 3.19. The van der Waals surface area contributed by atoms with Gasteiger partial charge in [0.05, 0.1) is 11.2 Å². The van der Waals surface area contributed by atoms with E-state index in [4.69, 9.17) is 11.6 Å². The van der Waals surface area contributed by atoms with Gasteiger partial charge in [0.15, 0.2) is 0 Å². The highest BCUT2D eigenvalue weighted by molar-refractivity contribution is 6.33. The fraction of sp³-hybridized carbons (Fsp3) is 0.733. The minimum absolute atomic E-state index is 0.0211. The molecule has 1 N–H and O–H groups in total. The Balaban J connectivity index is 1.64. The van der Waals surface area contributed by atoms with Crippen molar-refractivity contribution in [1.29, 1.82) is 0 Å². The summed E-state index contributed by atoms with van der Waals surface area (Å²) in [7, 11) is 0. The third-order valence-corrected chi connectivity index (χ3v) is 5.22. The van der Waals surface area contributed by atoms with Gasteiger partial charge in [0.2, 0.25) is 0 Å². The summed E-state index contributed by atoms with van der Waals surface area (Å²) in [5, 5.41) is 8.34. The van der Waals surface area contributed by atoms with Gasteiger partial charge in [0.1, 0.15) is 5.69 Å². The van der Waals surface area contributed by atoms with Crippen molar-refractivity contribution in [2.75, 3.05) is 18.0 Å². The Bertz CT molecular complexity index is 598. The summed E-state index contributed by atoms with van der Waals surface area (Å²) in [6, 6.07) is 1.09. The summed E-state index contributed by atoms with van der Waals surface area (Å²) in [5.41, 5.74) is 0.633. The first kappa shape index (κ1) is 13.6. The molecule has 2 aliphatic heterocycles. The van der Waals surface area contributed by atoms with E-state index in [9.17, 15) is 4.79 Å². The molecule has 1 aromatic heterocycles. The predicted octanol–water partition coefficient (Wildman–Crippen LogP) is 1.64. The number of fused-ring (bicyclic) bond motifs is 2. The normalized spacial score (nSPS) is 28.7. The summed E-state index contributed by atoms with van der Waals surface area (Å²) >= 11 is 6.30. The summed E-state index contributed by atoms with van der Waals surface area (Å²) in [4.78, 5) is 14.9. The van der Waals surface area contributed by atoms with E-state index in [1.807, 2.05) is 0 Å². The van der Waals surface area contributed by atoms with Crippen LogP contribution < -0.4 is 15.8 Å². The Labute approximate surface area is 129 Å². The quantitative estimate of drug-likeness (QED) is 0.922. The first-order valence-electron chi connectivity index (χ1n) is 7.97. The first-order valence-corrected chi connectivity index (χ1v) is 8.35. The van der Waals surface area contributed by atoms with Gasteiger partial charge in [0.25, 0.3) is 5.56 Å². The Kier molecular flexibility index (Phi) is 3.42. The van der Waals surface area contributed by atoms with E-state index in [0.717, 1.165) is 26.1 Å². The molecule has 0 aromatic carbocycles. The molecule has 1 aromatic rings. The molecule has 3 heterocycles. The second-order valence-corrected chi connectivity index (χ2v) is 7.05. The number of nitrogens with one attached hydrogen (secondary N) is 1. The van der Waals surface area contributed by atoms with Gasteiger partial charge in [-0.2, -0.15) is 5.10 Å². The standard InChI is InChI=1S/C15H21ClN4O/c16-13-7-17-20(8-10-1-2-10)15(21)14(13)19-6-5-11-3-4-12(9-19)18-11/h7,10-12,18H,1-6,8-9H2. The maximum Gasteiger partial charge on any atom is 0.291 e. The molecule has 0 spiro atoms. The number of rotatable bonds is 3. The van der Waals surface area contributed by atoms with E-state index < -0.39 is 0 Å². The van der Waals surface area contributed by atoms with E-state index in [1.54, 1.807) is 10.9 Å². The van der Waals surface area contributed by atoms with Gasteiger partial charge < -0.3 is 10.2 Å². The van der Waals surface area contributed by atoms with E-state index in [2.05, 4.69) is 15.3 Å². The van der Waals surface area contributed by atoms with Crippen molar-refractivity contribution in [2.24, 2.45) is 5.92 Å². The van der Waals surface area contributed by atoms with E-state index in [-0.39, 0.29) is 5.56 Å². The Hall–Kier alpha value is -1.07. The molecule has 0 amide bonds. The van der Waals surface area contributed by atoms with Gasteiger partial charge in [-0.1, -0.05) is 11.6 Å². The highest BCUT2D eigenvalue weighted by Crippen LogP contribution is 2.31. The first-order chi connectivity index (χ1) is 10.2. The van der Waals surface area contributed by atoms with Gasteiger partial charge in [-0.25, -0.2) is 4.68 Å². The third-order valence-electron chi connectivity index (χ3n) is 4.94. The zero-order valence-electron chi connectivity index (χ0n) is 12.1. The number of hydrogen-bond donors (Lipinski definition) is 1. The minimum Gasteiger partial charge on any atom is -0.364 e. The zero-order chi connectivity index (χ0) is 14.4. The summed E-state index contributed by atoms with van der Waals surface area (Å²) in [5.74, 6) is 0.631. The summed E-state index contributed by atoms with van der Waals surface area (Å²) < 4.78 is 1.61. The zero-order valence-corrected chi connectivity index (χ0v) is 12.9. The maximum atomic E-state index is 12.7. The highest BCUT2D eigenvalue weighted by atomic mass is 35.5. The largest absolute Gasteiger partial charge is 0.364 e. The molecule has 0 radical (unpaired) electrons. The summed E-state index contributed by atoms with van der Waals surface area (Å²) in [6.07, 6.45) is 7.59. The monoisotopic (exact) mass is 308 g/mol. The number of hydrogen-bond acceptors (Lipinski definition) is 4. The molecule has 1 saturated carbocycles. The molecule has 2 bridgehead atoms. The fourth-order valence-electron chi connectivity index (χ4n) is 3.57. The SMILES string of the molecule is O=c1c(N2CCC3CCC(C2)N3)c(Cl)cnn1CC1CC1. The number of nitrogens with zero attached hydrogens (tertiary/aromatic N) is 3. The molecular formula is C15H21ClN4O. The van der Waals surface area contributed by atoms with E-state index in [1.165, 1.54) is 25.7 Å². The second kappa shape index (κ2) is 5.29. The number of aromatic nitrogens is 2. The predicted molar refractivity (Wildman–Crippen MR) is 83.0 cm³/mol. The summed E-state index contributed by atoms with van der Waals surface area (Å²) in [6.45, 7) is 2.51. The lowest BCUT2D eigenvalue weighted by molar-refractivity contribution is 0.529. The molecule has 4 rings (SSSR count). The smallest absolute Gasteiger partial charge is 0.291 e. The Morgan fingerprint density at radius 2 is 2.05 bits per heavy atom. The van der Waals surface area contributed by atoms with E-state index in [0.29, 0.717) is 28.7 Å². The van der Waals surface area contributed by atoms with E-state index >= 15 is 0 Å². The van der Waals surface area contributed by atoms with Gasteiger partial charge in [-0.3, -0.25) is 4.79 Å². The van der Waals surface area contributed by atoms with Crippen molar-refractivity contribution < 1.29 is 0 Å². The van der Waals surface area contributed by atoms with Crippen molar-refractivity contribution in [2.45, 2.75) is 50.7 Å². The lowest BCUT2D eigenvalue weighted by Gasteiger charge is -2.26. The van der Waals surface area contributed by atoms with Crippen LogP contribution in [0.4, 0.5) is 5.69 Å². The highest BCUT2D eigenvalue weighted by Gasteiger charge is 2.31. The van der Waals surface area contributed by atoms with Gasteiger partial charge in [-0.05, 0) is 38.0 Å². The molecule has 2 atom stereocenters. The van der Waals surface area contributed by atoms with Crippen LogP contribution in [-0.2, 0) is 6.54 Å². The number of halogens is 1. The second-order valence-electron chi connectivity index (χ2n) is 6.64. The molecule has 2 unspecified atom stereocenters. The van der Waals surface area contributed by atoms with Crippen LogP contribution in [0.5, 0.6) is 0 Å². The molecule has 114 valence electrons.